The first-order valence-corrected chi connectivity index (χ1v) is 10.8. The maximum absolute atomic E-state index is 12.9. The molecule has 2 aromatic rings. The molecule has 0 aromatic heterocycles. The van der Waals surface area contributed by atoms with E-state index in [2.05, 4.69) is 20.9 Å². The lowest BCUT2D eigenvalue weighted by Gasteiger charge is -2.30. The third-order valence-electron chi connectivity index (χ3n) is 4.42. The summed E-state index contributed by atoms with van der Waals surface area (Å²) >= 11 is 5.02. The van der Waals surface area contributed by atoms with E-state index in [1.807, 2.05) is 66.0 Å². The first-order chi connectivity index (χ1) is 14.1. The number of para-hydroxylation sites is 1. The van der Waals surface area contributed by atoms with Crippen LogP contribution in [0.1, 0.15) is 0 Å². The Morgan fingerprint density at radius 3 is 2.55 bits per heavy atom. The smallest absolute Gasteiger partial charge is 0.269 e. The molecule has 1 fully saturated rings. The average molecular weight is 475 g/mol. The van der Waals surface area contributed by atoms with Gasteiger partial charge in [-0.05, 0) is 59.2 Å². The minimum atomic E-state index is -0.581. The fourth-order valence-corrected chi connectivity index (χ4v) is 4.20. The molecular formula is C21H23BrN4O2S. The van der Waals surface area contributed by atoms with Gasteiger partial charge < -0.3 is 9.64 Å². The molecule has 1 unspecified atom stereocenters. The highest BCUT2D eigenvalue weighted by Crippen LogP contribution is 2.30. The van der Waals surface area contributed by atoms with Crippen molar-refractivity contribution in [1.82, 2.24) is 9.21 Å². The van der Waals surface area contributed by atoms with Crippen molar-refractivity contribution in [3.8, 4) is 0 Å². The molecule has 1 heterocycles. The standard InChI is InChI=1S/C21H23BrN4O2S/c1-25(29-19-10-6-5-9-17(19)22)18(15-24-16-7-3-2-4-8-16)20(23)21(27)26-11-13-28-14-12-26/h2-10,15,18,23H,11-14H2,1H3. The minimum absolute atomic E-state index is 0.00589. The molecule has 2 aromatic carbocycles. The molecule has 1 atom stereocenters. The van der Waals surface area contributed by atoms with Crippen molar-refractivity contribution in [1.29, 1.82) is 5.41 Å². The van der Waals surface area contributed by atoms with E-state index in [0.717, 1.165) is 15.1 Å². The Morgan fingerprint density at radius 1 is 1.21 bits per heavy atom. The average Bonchev–Trinajstić information content (AvgIpc) is 2.76. The number of amides is 1. The van der Waals surface area contributed by atoms with Gasteiger partial charge in [0.05, 0.1) is 18.9 Å². The summed E-state index contributed by atoms with van der Waals surface area (Å²) in [6, 6.07) is 16.8. The summed E-state index contributed by atoms with van der Waals surface area (Å²) in [4.78, 5) is 20.1. The van der Waals surface area contributed by atoms with Crippen LogP contribution in [0.25, 0.3) is 0 Å². The van der Waals surface area contributed by atoms with Gasteiger partial charge in [0.2, 0.25) is 0 Å². The molecule has 1 amide bonds. The predicted octanol–water partition coefficient (Wildman–Crippen LogP) is 4.04. The molecule has 3 rings (SSSR count). The Balaban J connectivity index is 1.82. The number of hydrogen-bond acceptors (Lipinski definition) is 6. The van der Waals surface area contributed by atoms with Crippen molar-refractivity contribution in [2.24, 2.45) is 4.99 Å². The summed E-state index contributed by atoms with van der Waals surface area (Å²) in [6.45, 7) is 2.02. The fourth-order valence-electron chi connectivity index (χ4n) is 2.81. The van der Waals surface area contributed by atoms with Gasteiger partial charge in [0.1, 0.15) is 11.8 Å². The molecule has 0 bridgehead atoms. The Labute approximate surface area is 183 Å². The van der Waals surface area contributed by atoms with Gasteiger partial charge in [0.15, 0.2) is 0 Å². The molecule has 0 aliphatic carbocycles. The van der Waals surface area contributed by atoms with E-state index >= 15 is 0 Å². The number of ether oxygens (including phenoxy) is 1. The normalized spacial score (nSPS) is 15.6. The molecule has 29 heavy (non-hydrogen) atoms. The van der Waals surface area contributed by atoms with Crippen molar-refractivity contribution in [2.45, 2.75) is 10.9 Å². The number of carbonyl (C=O) groups is 1. The lowest BCUT2D eigenvalue weighted by Crippen LogP contribution is -2.49. The highest BCUT2D eigenvalue weighted by molar-refractivity contribution is 9.10. The second-order valence-electron chi connectivity index (χ2n) is 6.44. The van der Waals surface area contributed by atoms with Crippen molar-refractivity contribution >= 4 is 51.4 Å². The summed E-state index contributed by atoms with van der Waals surface area (Å²) in [5.74, 6) is -0.280. The molecule has 0 spiro atoms. The van der Waals surface area contributed by atoms with Crippen molar-refractivity contribution in [3.63, 3.8) is 0 Å². The molecule has 6 nitrogen and oxygen atoms in total. The van der Waals surface area contributed by atoms with E-state index in [1.165, 1.54) is 11.9 Å². The molecule has 1 aliphatic rings. The topological polar surface area (TPSA) is 69.0 Å². The van der Waals surface area contributed by atoms with E-state index in [1.54, 1.807) is 11.1 Å². The van der Waals surface area contributed by atoms with Crippen molar-refractivity contribution in [2.75, 3.05) is 33.4 Å². The summed E-state index contributed by atoms with van der Waals surface area (Å²) in [5.41, 5.74) is 0.775. The first-order valence-electron chi connectivity index (χ1n) is 9.26. The highest BCUT2D eigenvalue weighted by atomic mass is 79.9. The molecule has 8 heteroatoms. The van der Waals surface area contributed by atoms with Gasteiger partial charge in [0.25, 0.3) is 5.91 Å². The zero-order chi connectivity index (χ0) is 20.6. The maximum Gasteiger partial charge on any atom is 0.269 e. The molecule has 0 radical (unpaired) electrons. The number of nitrogens with one attached hydrogen (secondary N) is 1. The predicted molar refractivity (Wildman–Crippen MR) is 121 cm³/mol. The second-order valence-corrected chi connectivity index (χ2v) is 8.50. The number of nitrogens with zero attached hydrogens (tertiary/aromatic N) is 3. The van der Waals surface area contributed by atoms with E-state index in [9.17, 15) is 4.79 Å². The lowest BCUT2D eigenvalue weighted by atomic mass is 10.1. The van der Waals surface area contributed by atoms with Crippen LogP contribution in [0.15, 0.2) is 69.0 Å². The third-order valence-corrected chi connectivity index (χ3v) is 6.44. The Hall–Kier alpha value is -2.00. The lowest BCUT2D eigenvalue weighted by molar-refractivity contribution is -0.128. The first kappa shape index (κ1) is 21.7. The van der Waals surface area contributed by atoms with Gasteiger partial charge in [0, 0.05) is 28.7 Å². The molecule has 1 aliphatic heterocycles. The zero-order valence-corrected chi connectivity index (χ0v) is 18.5. The monoisotopic (exact) mass is 474 g/mol. The number of hydrogen-bond donors (Lipinski definition) is 1. The number of morpholine rings is 1. The van der Waals surface area contributed by atoms with Crippen LogP contribution in [0.4, 0.5) is 5.69 Å². The van der Waals surface area contributed by atoms with Crippen molar-refractivity contribution < 1.29 is 9.53 Å². The molecule has 1 saturated heterocycles. The van der Waals surface area contributed by atoms with Crippen LogP contribution in [0.2, 0.25) is 0 Å². The van der Waals surface area contributed by atoms with Gasteiger partial charge in [-0.3, -0.25) is 15.2 Å². The SMILES string of the molecule is CN(Sc1ccccc1Br)C(C=Nc1ccccc1)C(=N)C(=O)N1CCOCC1. The summed E-state index contributed by atoms with van der Waals surface area (Å²) in [5, 5.41) is 8.61. The summed E-state index contributed by atoms with van der Waals surface area (Å²) < 4.78 is 8.17. The van der Waals surface area contributed by atoms with E-state index in [4.69, 9.17) is 10.1 Å². The number of halogens is 1. The molecule has 1 N–H and O–H groups in total. The van der Waals surface area contributed by atoms with E-state index < -0.39 is 6.04 Å². The minimum Gasteiger partial charge on any atom is -0.378 e. The van der Waals surface area contributed by atoms with E-state index in [0.29, 0.717) is 26.3 Å². The second kappa shape index (κ2) is 10.7. The van der Waals surface area contributed by atoms with Crippen LogP contribution in [-0.4, -0.2) is 66.4 Å². The molecular weight excluding hydrogens is 452 g/mol. The van der Waals surface area contributed by atoms with Crippen LogP contribution >= 0.6 is 27.9 Å². The van der Waals surface area contributed by atoms with E-state index in [-0.39, 0.29) is 11.6 Å². The van der Waals surface area contributed by atoms with Gasteiger partial charge in [-0.2, -0.15) is 0 Å². The number of aliphatic imine (C=N–C) groups is 1. The Bertz CT molecular complexity index is 872. The van der Waals surface area contributed by atoms with Gasteiger partial charge >= 0.3 is 0 Å². The number of rotatable bonds is 7. The van der Waals surface area contributed by atoms with Crippen LogP contribution in [0.5, 0.6) is 0 Å². The summed E-state index contributed by atoms with van der Waals surface area (Å²) in [6.07, 6.45) is 1.67. The van der Waals surface area contributed by atoms with Crippen LogP contribution in [0, 0.1) is 5.41 Å². The highest BCUT2D eigenvalue weighted by Gasteiger charge is 2.29. The quantitative estimate of drug-likeness (QED) is 0.485. The van der Waals surface area contributed by atoms with Gasteiger partial charge in [-0.1, -0.05) is 30.3 Å². The Morgan fingerprint density at radius 2 is 1.86 bits per heavy atom. The van der Waals surface area contributed by atoms with Crippen LogP contribution < -0.4 is 0 Å². The zero-order valence-electron chi connectivity index (χ0n) is 16.1. The fraction of sp³-hybridized carbons (Fsp3) is 0.286. The number of carbonyl (C=O) groups excluding carboxylic acids is 1. The van der Waals surface area contributed by atoms with Gasteiger partial charge in [-0.25, -0.2) is 4.31 Å². The van der Waals surface area contributed by atoms with Gasteiger partial charge in [-0.15, -0.1) is 0 Å². The molecule has 152 valence electrons. The number of benzene rings is 2. The van der Waals surface area contributed by atoms with Crippen LogP contribution in [0.3, 0.4) is 0 Å². The van der Waals surface area contributed by atoms with Crippen LogP contribution in [-0.2, 0) is 9.53 Å². The van der Waals surface area contributed by atoms with Crippen molar-refractivity contribution in [3.05, 3.63) is 59.1 Å². The maximum atomic E-state index is 12.9. The summed E-state index contributed by atoms with van der Waals surface area (Å²) in [7, 11) is 1.87. The third kappa shape index (κ3) is 5.99. The Kier molecular flexibility index (Phi) is 8.00. The largest absolute Gasteiger partial charge is 0.378 e. The molecule has 0 saturated carbocycles.